The number of anilines is 1. The number of fused-ring (bicyclic) bond motifs is 1. The lowest BCUT2D eigenvalue weighted by atomic mass is 10.1. The van der Waals surface area contributed by atoms with Crippen molar-refractivity contribution in [1.82, 2.24) is 14.7 Å². The number of imidazole rings is 1. The predicted molar refractivity (Wildman–Crippen MR) is 92.7 cm³/mol. The molecule has 0 spiro atoms. The molecule has 0 saturated heterocycles. The molecule has 1 aliphatic carbocycles. The molecule has 23 heavy (non-hydrogen) atoms. The molecule has 1 aliphatic rings. The quantitative estimate of drug-likeness (QED) is 0.732. The van der Waals surface area contributed by atoms with Gasteiger partial charge in [0.25, 0.3) is 0 Å². The third-order valence-electron chi connectivity index (χ3n) is 3.97. The van der Waals surface area contributed by atoms with E-state index in [1.165, 1.54) is 12.8 Å². The maximum absolute atomic E-state index is 11.9. The first kappa shape index (κ1) is 14.4. The third-order valence-corrected chi connectivity index (χ3v) is 4.74. The van der Waals surface area contributed by atoms with Gasteiger partial charge in [0.2, 0.25) is 5.91 Å². The van der Waals surface area contributed by atoms with Crippen LogP contribution in [0.4, 0.5) is 5.69 Å². The van der Waals surface area contributed by atoms with Crippen molar-refractivity contribution in [3.05, 3.63) is 42.0 Å². The van der Waals surface area contributed by atoms with Gasteiger partial charge < -0.3 is 10.6 Å². The van der Waals surface area contributed by atoms with E-state index in [-0.39, 0.29) is 5.91 Å². The maximum atomic E-state index is 11.9. The molecule has 0 aliphatic heterocycles. The summed E-state index contributed by atoms with van der Waals surface area (Å²) < 4.78 is 2.02. The van der Waals surface area contributed by atoms with Crippen molar-refractivity contribution in [1.29, 1.82) is 0 Å². The Labute approximate surface area is 138 Å². The van der Waals surface area contributed by atoms with Crippen LogP contribution in [0.25, 0.3) is 16.2 Å². The number of thiazole rings is 1. The number of amides is 1. The average molecular weight is 326 g/mol. The van der Waals surface area contributed by atoms with Gasteiger partial charge in [0.15, 0.2) is 4.96 Å². The highest BCUT2D eigenvalue weighted by molar-refractivity contribution is 7.15. The van der Waals surface area contributed by atoms with E-state index in [1.54, 1.807) is 11.3 Å². The maximum Gasteiger partial charge on any atom is 0.238 e. The fraction of sp³-hybridized carbons (Fsp3) is 0.294. The summed E-state index contributed by atoms with van der Waals surface area (Å²) in [7, 11) is 0. The zero-order chi connectivity index (χ0) is 15.6. The smallest absolute Gasteiger partial charge is 0.238 e. The molecule has 0 atom stereocenters. The van der Waals surface area contributed by atoms with Crippen molar-refractivity contribution in [2.75, 3.05) is 18.4 Å². The first-order chi connectivity index (χ1) is 11.3. The number of benzene rings is 1. The molecule has 2 N–H and O–H groups in total. The van der Waals surface area contributed by atoms with Gasteiger partial charge in [-0.3, -0.25) is 9.20 Å². The molecule has 2 heterocycles. The number of rotatable bonds is 6. The largest absolute Gasteiger partial charge is 0.325 e. The molecule has 6 heteroatoms. The minimum Gasteiger partial charge on any atom is -0.325 e. The summed E-state index contributed by atoms with van der Waals surface area (Å²) in [4.78, 5) is 17.4. The van der Waals surface area contributed by atoms with E-state index in [4.69, 9.17) is 0 Å². The lowest BCUT2D eigenvalue weighted by molar-refractivity contribution is -0.115. The Morgan fingerprint density at radius 3 is 2.87 bits per heavy atom. The summed E-state index contributed by atoms with van der Waals surface area (Å²) in [6.07, 6.45) is 6.60. The van der Waals surface area contributed by atoms with Crippen LogP contribution in [-0.4, -0.2) is 28.4 Å². The van der Waals surface area contributed by atoms with Crippen LogP contribution < -0.4 is 10.6 Å². The zero-order valence-corrected chi connectivity index (χ0v) is 13.5. The lowest BCUT2D eigenvalue weighted by Crippen LogP contribution is -2.29. The van der Waals surface area contributed by atoms with Crippen molar-refractivity contribution < 1.29 is 4.79 Å². The van der Waals surface area contributed by atoms with Gasteiger partial charge in [0.05, 0.1) is 12.2 Å². The number of nitrogens with zero attached hydrogens (tertiary/aromatic N) is 2. The Kier molecular flexibility index (Phi) is 3.85. The topological polar surface area (TPSA) is 58.4 Å². The lowest BCUT2D eigenvalue weighted by Gasteiger charge is -2.07. The second-order valence-corrected chi connectivity index (χ2v) is 6.79. The molecule has 2 aromatic heterocycles. The number of aromatic nitrogens is 2. The molecule has 0 bridgehead atoms. The average Bonchev–Trinajstić information content (AvgIpc) is 3.11. The first-order valence-electron chi connectivity index (χ1n) is 7.81. The second kappa shape index (κ2) is 6.14. The van der Waals surface area contributed by atoms with Gasteiger partial charge in [0, 0.05) is 29.0 Å². The second-order valence-electron chi connectivity index (χ2n) is 5.92. The third kappa shape index (κ3) is 3.43. The minimum absolute atomic E-state index is 0.000838. The van der Waals surface area contributed by atoms with Crippen LogP contribution >= 0.6 is 11.3 Å². The number of hydrogen-bond donors (Lipinski definition) is 2. The van der Waals surface area contributed by atoms with Crippen LogP contribution in [0.5, 0.6) is 0 Å². The van der Waals surface area contributed by atoms with Crippen LogP contribution in [0.2, 0.25) is 0 Å². The molecule has 3 aromatic rings. The standard InChI is InChI=1S/C17H18N4OS/c22-16(10-18-9-12-1-2-12)19-14-5-3-13(4-6-14)15-11-21-7-8-23-17(21)20-15/h3-8,11-12,18H,1-2,9-10H2,(H,19,22). The van der Waals surface area contributed by atoms with Gasteiger partial charge >= 0.3 is 0 Å². The van der Waals surface area contributed by atoms with E-state index < -0.39 is 0 Å². The number of hydrogen-bond acceptors (Lipinski definition) is 4. The molecule has 4 rings (SSSR count). The highest BCUT2D eigenvalue weighted by atomic mass is 32.1. The van der Waals surface area contributed by atoms with Crippen molar-refractivity contribution in [3.8, 4) is 11.3 Å². The molecule has 1 amide bonds. The fourth-order valence-corrected chi connectivity index (χ4v) is 3.21. The summed E-state index contributed by atoms with van der Waals surface area (Å²) in [5.41, 5.74) is 2.81. The Morgan fingerprint density at radius 2 is 2.13 bits per heavy atom. The summed E-state index contributed by atoms with van der Waals surface area (Å²) in [5.74, 6) is 0.785. The van der Waals surface area contributed by atoms with Crippen molar-refractivity contribution in [3.63, 3.8) is 0 Å². The number of nitrogens with one attached hydrogen (secondary N) is 2. The molecular formula is C17H18N4OS. The van der Waals surface area contributed by atoms with Crippen LogP contribution in [-0.2, 0) is 4.79 Å². The normalized spacial score (nSPS) is 14.3. The van der Waals surface area contributed by atoms with Gasteiger partial charge in [-0.2, -0.15) is 0 Å². The van der Waals surface area contributed by atoms with Crippen molar-refractivity contribution in [2.45, 2.75) is 12.8 Å². The van der Waals surface area contributed by atoms with Gasteiger partial charge in [-0.15, -0.1) is 11.3 Å². The Hall–Kier alpha value is -2.18. The summed E-state index contributed by atoms with van der Waals surface area (Å²) in [6.45, 7) is 1.32. The zero-order valence-electron chi connectivity index (χ0n) is 12.7. The highest BCUT2D eigenvalue weighted by Gasteiger charge is 2.20. The molecule has 1 saturated carbocycles. The van der Waals surface area contributed by atoms with E-state index in [1.807, 2.05) is 46.4 Å². The Morgan fingerprint density at radius 1 is 1.30 bits per heavy atom. The van der Waals surface area contributed by atoms with E-state index >= 15 is 0 Å². The summed E-state index contributed by atoms with van der Waals surface area (Å²) >= 11 is 1.62. The molecule has 1 fully saturated rings. The Balaban J connectivity index is 1.37. The van der Waals surface area contributed by atoms with E-state index in [2.05, 4.69) is 15.6 Å². The number of carbonyl (C=O) groups is 1. The summed E-state index contributed by atoms with van der Waals surface area (Å²) in [5, 5.41) is 8.12. The van der Waals surface area contributed by atoms with Crippen molar-refractivity contribution in [2.24, 2.45) is 5.92 Å². The van der Waals surface area contributed by atoms with E-state index in [0.717, 1.165) is 34.4 Å². The minimum atomic E-state index is 0.000838. The first-order valence-corrected chi connectivity index (χ1v) is 8.69. The van der Waals surface area contributed by atoms with Crippen LogP contribution in [0.3, 0.4) is 0 Å². The molecule has 0 unspecified atom stereocenters. The monoisotopic (exact) mass is 326 g/mol. The SMILES string of the molecule is O=C(CNCC1CC1)Nc1ccc(-c2cn3ccsc3n2)cc1. The number of carbonyl (C=O) groups excluding carboxylic acids is 1. The molecule has 5 nitrogen and oxygen atoms in total. The van der Waals surface area contributed by atoms with E-state index in [9.17, 15) is 4.79 Å². The van der Waals surface area contributed by atoms with Crippen LogP contribution in [0, 0.1) is 5.92 Å². The van der Waals surface area contributed by atoms with Crippen molar-refractivity contribution >= 4 is 27.9 Å². The molecule has 1 aromatic carbocycles. The molecule has 118 valence electrons. The van der Waals surface area contributed by atoms with Crippen LogP contribution in [0.15, 0.2) is 42.0 Å². The van der Waals surface area contributed by atoms with E-state index in [0.29, 0.717) is 6.54 Å². The van der Waals surface area contributed by atoms with Gasteiger partial charge in [-0.25, -0.2) is 4.98 Å². The summed E-state index contributed by atoms with van der Waals surface area (Å²) in [6, 6.07) is 7.81. The van der Waals surface area contributed by atoms with Gasteiger partial charge in [0.1, 0.15) is 0 Å². The fourth-order valence-electron chi connectivity index (χ4n) is 2.51. The highest BCUT2D eigenvalue weighted by Crippen LogP contribution is 2.27. The van der Waals surface area contributed by atoms with Gasteiger partial charge in [-0.1, -0.05) is 12.1 Å². The molecule has 0 radical (unpaired) electrons. The Bertz CT molecular complexity index is 788. The molecular weight excluding hydrogens is 308 g/mol. The predicted octanol–water partition coefficient (Wildman–Crippen LogP) is 3.00. The van der Waals surface area contributed by atoms with Gasteiger partial charge in [-0.05, 0) is 37.4 Å². The van der Waals surface area contributed by atoms with Crippen LogP contribution in [0.1, 0.15) is 12.8 Å².